The van der Waals surface area contributed by atoms with E-state index in [0.717, 1.165) is 23.6 Å². The smallest absolute Gasteiger partial charge is 0.127 e. The number of ether oxygens (including phenoxy) is 1. The maximum atomic E-state index is 9.14. The summed E-state index contributed by atoms with van der Waals surface area (Å²) in [5.41, 5.74) is 2.04. The molecule has 0 heterocycles. The third-order valence-electron chi connectivity index (χ3n) is 3.19. The average Bonchev–Trinajstić information content (AvgIpc) is 2.48. The van der Waals surface area contributed by atoms with Crippen molar-refractivity contribution in [3.05, 3.63) is 59.7 Å². The number of aliphatic hydroxyl groups is 1. The summed E-state index contributed by atoms with van der Waals surface area (Å²) in [6, 6.07) is 15.8. The van der Waals surface area contributed by atoms with Gasteiger partial charge in [-0.15, -0.1) is 0 Å². The molecule has 0 spiro atoms. The van der Waals surface area contributed by atoms with Crippen LogP contribution in [0.25, 0.3) is 0 Å². The van der Waals surface area contributed by atoms with Crippen molar-refractivity contribution in [2.24, 2.45) is 0 Å². The molecule has 3 nitrogen and oxygen atoms in total. The van der Waals surface area contributed by atoms with E-state index in [1.54, 1.807) is 0 Å². The van der Waals surface area contributed by atoms with Crippen molar-refractivity contribution in [2.45, 2.75) is 26.5 Å². The Labute approximate surface area is 120 Å². The summed E-state index contributed by atoms with van der Waals surface area (Å²) in [6.07, 6.45) is 0. The van der Waals surface area contributed by atoms with Crippen LogP contribution in [0.3, 0.4) is 0 Å². The molecule has 0 aliphatic heterocycles. The zero-order chi connectivity index (χ0) is 14.4. The molecule has 0 aliphatic carbocycles. The summed E-state index contributed by atoms with van der Waals surface area (Å²) in [5.74, 6) is 1.55. The molecule has 0 saturated heterocycles. The second-order valence-electron chi connectivity index (χ2n) is 4.76. The highest BCUT2D eigenvalue weighted by molar-refractivity contribution is 5.36. The zero-order valence-corrected chi connectivity index (χ0v) is 12.0. The van der Waals surface area contributed by atoms with Crippen molar-refractivity contribution in [1.82, 2.24) is 5.32 Å². The highest BCUT2D eigenvalue weighted by Gasteiger charge is 2.05. The quantitative estimate of drug-likeness (QED) is 0.842. The van der Waals surface area contributed by atoms with Crippen LogP contribution in [-0.2, 0) is 6.61 Å². The van der Waals surface area contributed by atoms with Gasteiger partial charge in [0.25, 0.3) is 0 Å². The summed E-state index contributed by atoms with van der Waals surface area (Å²) < 4.78 is 5.85. The first kappa shape index (κ1) is 14.6. The Morgan fingerprint density at radius 3 is 2.50 bits per heavy atom. The van der Waals surface area contributed by atoms with Gasteiger partial charge >= 0.3 is 0 Å². The zero-order valence-electron chi connectivity index (χ0n) is 12.0. The summed E-state index contributed by atoms with van der Waals surface area (Å²) in [6.45, 7) is 5.19. The van der Waals surface area contributed by atoms with Gasteiger partial charge in [0, 0.05) is 6.04 Å². The topological polar surface area (TPSA) is 41.5 Å². The van der Waals surface area contributed by atoms with Crippen LogP contribution in [0.2, 0.25) is 0 Å². The molecule has 0 radical (unpaired) electrons. The summed E-state index contributed by atoms with van der Waals surface area (Å²) >= 11 is 0. The lowest BCUT2D eigenvalue weighted by Crippen LogP contribution is -2.17. The third-order valence-corrected chi connectivity index (χ3v) is 3.19. The van der Waals surface area contributed by atoms with Gasteiger partial charge in [-0.2, -0.15) is 0 Å². The van der Waals surface area contributed by atoms with Crippen molar-refractivity contribution in [2.75, 3.05) is 6.54 Å². The minimum atomic E-state index is 0.0225. The van der Waals surface area contributed by atoms with Crippen LogP contribution in [0.1, 0.15) is 31.0 Å². The molecule has 0 aromatic heterocycles. The Balaban J connectivity index is 2.14. The second-order valence-corrected chi connectivity index (χ2v) is 4.76. The van der Waals surface area contributed by atoms with E-state index in [9.17, 15) is 0 Å². The van der Waals surface area contributed by atoms with Gasteiger partial charge < -0.3 is 15.2 Å². The lowest BCUT2D eigenvalue weighted by Gasteiger charge is -2.14. The van der Waals surface area contributed by atoms with Crippen molar-refractivity contribution in [3.8, 4) is 11.5 Å². The van der Waals surface area contributed by atoms with Crippen LogP contribution >= 0.6 is 0 Å². The number of nitrogens with one attached hydrogen (secondary N) is 1. The highest BCUT2D eigenvalue weighted by Crippen LogP contribution is 2.25. The van der Waals surface area contributed by atoms with E-state index in [2.05, 4.69) is 25.2 Å². The average molecular weight is 271 g/mol. The lowest BCUT2D eigenvalue weighted by atomic mass is 10.1. The van der Waals surface area contributed by atoms with E-state index in [-0.39, 0.29) is 6.61 Å². The normalized spacial score (nSPS) is 12.2. The van der Waals surface area contributed by atoms with Crippen LogP contribution < -0.4 is 10.1 Å². The first-order valence-corrected chi connectivity index (χ1v) is 6.94. The number of hydrogen-bond acceptors (Lipinski definition) is 3. The molecular weight excluding hydrogens is 250 g/mol. The van der Waals surface area contributed by atoms with Crippen molar-refractivity contribution < 1.29 is 9.84 Å². The van der Waals surface area contributed by atoms with E-state index in [1.165, 1.54) is 5.56 Å². The van der Waals surface area contributed by atoms with Gasteiger partial charge in [0.15, 0.2) is 0 Å². The largest absolute Gasteiger partial charge is 0.457 e. The molecular formula is C17H21NO2. The molecule has 3 heteroatoms. The van der Waals surface area contributed by atoms with E-state index >= 15 is 0 Å². The molecule has 0 saturated carbocycles. The van der Waals surface area contributed by atoms with Gasteiger partial charge in [0.2, 0.25) is 0 Å². The molecule has 0 bridgehead atoms. The minimum absolute atomic E-state index is 0.0225. The van der Waals surface area contributed by atoms with Crippen molar-refractivity contribution in [1.29, 1.82) is 0 Å². The van der Waals surface area contributed by atoms with Gasteiger partial charge in [-0.25, -0.2) is 0 Å². The minimum Gasteiger partial charge on any atom is -0.457 e. The van der Waals surface area contributed by atoms with Gasteiger partial charge in [-0.05, 0) is 48.9 Å². The SMILES string of the molecule is CCNC(C)c1cccc(Oc2cccc(CO)c2)c1. The number of benzene rings is 2. The van der Waals surface area contributed by atoms with Gasteiger partial charge in [-0.3, -0.25) is 0 Å². The van der Waals surface area contributed by atoms with Crippen LogP contribution in [0.4, 0.5) is 0 Å². The molecule has 2 aromatic carbocycles. The predicted octanol–water partition coefficient (Wildman–Crippen LogP) is 3.64. The second kappa shape index (κ2) is 7.08. The first-order chi connectivity index (χ1) is 9.72. The molecule has 2 aromatic rings. The van der Waals surface area contributed by atoms with Gasteiger partial charge in [0.1, 0.15) is 11.5 Å². The Morgan fingerprint density at radius 1 is 1.10 bits per heavy atom. The summed E-state index contributed by atoms with van der Waals surface area (Å²) in [7, 11) is 0. The predicted molar refractivity (Wildman–Crippen MR) is 81.0 cm³/mol. The molecule has 106 valence electrons. The first-order valence-electron chi connectivity index (χ1n) is 6.94. The van der Waals surface area contributed by atoms with Crippen LogP contribution in [0, 0.1) is 0 Å². The fraction of sp³-hybridized carbons (Fsp3) is 0.294. The Bertz CT molecular complexity index is 554. The molecule has 20 heavy (non-hydrogen) atoms. The molecule has 2 rings (SSSR count). The number of hydrogen-bond donors (Lipinski definition) is 2. The molecule has 2 N–H and O–H groups in total. The fourth-order valence-electron chi connectivity index (χ4n) is 2.11. The summed E-state index contributed by atoms with van der Waals surface area (Å²) in [5, 5.41) is 12.5. The fourth-order valence-corrected chi connectivity index (χ4v) is 2.11. The van der Waals surface area contributed by atoms with Crippen molar-refractivity contribution >= 4 is 0 Å². The van der Waals surface area contributed by atoms with Crippen LogP contribution in [0.15, 0.2) is 48.5 Å². The Morgan fingerprint density at radius 2 is 1.80 bits per heavy atom. The van der Waals surface area contributed by atoms with E-state index in [1.807, 2.05) is 42.5 Å². The molecule has 0 amide bonds. The van der Waals surface area contributed by atoms with Crippen molar-refractivity contribution in [3.63, 3.8) is 0 Å². The maximum absolute atomic E-state index is 9.14. The van der Waals surface area contributed by atoms with Crippen LogP contribution in [-0.4, -0.2) is 11.7 Å². The third kappa shape index (κ3) is 3.83. The van der Waals surface area contributed by atoms with Gasteiger partial charge in [-0.1, -0.05) is 31.2 Å². The number of aliphatic hydroxyl groups excluding tert-OH is 1. The molecule has 1 unspecified atom stereocenters. The molecule has 0 aliphatic rings. The maximum Gasteiger partial charge on any atom is 0.127 e. The summed E-state index contributed by atoms with van der Waals surface area (Å²) in [4.78, 5) is 0. The van der Waals surface area contributed by atoms with E-state index < -0.39 is 0 Å². The Hall–Kier alpha value is -1.84. The Kier molecular flexibility index (Phi) is 5.16. The van der Waals surface area contributed by atoms with Crippen LogP contribution in [0.5, 0.6) is 11.5 Å². The van der Waals surface area contributed by atoms with E-state index in [0.29, 0.717) is 6.04 Å². The lowest BCUT2D eigenvalue weighted by molar-refractivity contribution is 0.281. The van der Waals surface area contributed by atoms with Gasteiger partial charge in [0.05, 0.1) is 6.61 Å². The standard InChI is InChI=1S/C17H21NO2/c1-3-18-13(2)15-7-5-9-17(11-15)20-16-8-4-6-14(10-16)12-19/h4-11,13,18-19H,3,12H2,1-2H3. The van der Waals surface area contributed by atoms with E-state index in [4.69, 9.17) is 9.84 Å². The molecule has 0 fully saturated rings. The molecule has 1 atom stereocenters. The highest BCUT2D eigenvalue weighted by atomic mass is 16.5. The number of rotatable bonds is 6. The monoisotopic (exact) mass is 271 g/mol.